The molecule has 1 aliphatic heterocycles. The van der Waals surface area contributed by atoms with Gasteiger partial charge in [0.25, 0.3) is 0 Å². The van der Waals surface area contributed by atoms with Crippen molar-refractivity contribution in [3.8, 4) is 0 Å². The number of hydrogen-bond donors (Lipinski definition) is 2. The van der Waals surface area contributed by atoms with E-state index >= 15 is 0 Å². The van der Waals surface area contributed by atoms with Gasteiger partial charge in [-0.3, -0.25) is 14.4 Å². The summed E-state index contributed by atoms with van der Waals surface area (Å²) in [5.74, 6) is -1.65. The number of piperazine rings is 1. The zero-order valence-corrected chi connectivity index (χ0v) is 13.6. The van der Waals surface area contributed by atoms with Crippen molar-refractivity contribution in [1.82, 2.24) is 10.2 Å². The van der Waals surface area contributed by atoms with E-state index in [9.17, 15) is 14.4 Å². The summed E-state index contributed by atoms with van der Waals surface area (Å²) < 4.78 is 0. The second-order valence-electron chi connectivity index (χ2n) is 6.48. The molecule has 1 aliphatic carbocycles. The molecule has 1 heterocycles. The molecule has 2 N–H and O–H groups in total. The van der Waals surface area contributed by atoms with Crippen LogP contribution in [0.1, 0.15) is 36.0 Å². The molecule has 2 amide bonds. The van der Waals surface area contributed by atoms with Crippen molar-refractivity contribution < 1.29 is 19.5 Å². The quantitative estimate of drug-likeness (QED) is 0.859. The number of carboxylic acids is 1. The summed E-state index contributed by atoms with van der Waals surface area (Å²) in [4.78, 5) is 36.9. The fourth-order valence-electron chi connectivity index (χ4n) is 3.55. The molecule has 6 nitrogen and oxygen atoms in total. The Morgan fingerprint density at radius 3 is 2.71 bits per heavy atom. The number of nitrogens with one attached hydrogen (secondary N) is 1. The van der Waals surface area contributed by atoms with E-state index in [0.717, 1.165) is 18.4 Å². The Bertz CT molecular complexity index is 671. The average Bonchev–Trinajstić information content (AvgIpc) is 2.56. The lowest BCUT2D eigenvalue weighted by molar-refractivity contribution is -0.148. The van der Waals surface area contributed by atoms with Crippen LogP contribution in [-0.2, 0) is 33.6 Å². The summed E-state index contributed by atoms with van der Waals surface area (Å²) in [5, 5.41) is 11.6. The van der Waals surface area contributed by atoms with Crippen molar-refractivity contribution in [3.63, 3.8) is 0 Å². The number of carboxylic acid groups (broad SMARTS) is 1. The lowest BCUT2D eigenvalue weighted by Gasteiger charge is -2.34. The molecule has 24 heavy (non-hydrogen) atoms. The van der Waals surface area contributed by atoms with Crippen molar-refractivity contribution in [1.29, 1.82) is 0 Å². The maximum Gasteiger partial charge on any atom is 0.305 e. The first kappa shape index (κ1) is 16.5. The summed E-state index contributed by atoms with van der Waals surface area (Å²) in [5.41, 5.74) is 3.60. The van der Waals surface area contributed by atoms with Gasteiger partial charge in [0.05, 0.1) is 12.8 Å². The molecular weight excluding hydrogens is 308 g/mol. The third-order valence-electron chi connectivity index (χ3n) is 4.79. The van der Waals surface area contributed by atoms with Gasteiger partial charge < -0.3 is 15.3 Å². The predicted molar refractivity (Wildman–Crippen MR) is 87.6 cm³/mol. The smallest absolute Gasteiger partial charge is 0.305 e. The summed E-state index contributed by atoms with van der Waals surface area (Å²) in [6, 6.07) is 5.23. The van der Waals surface area contributed by atoms with Gasteiger partial charge in [0.2, 0.25) is 11.8 Å². The molecule has 2 aliphatic rings. The van der Waals surface area contributed by atoms with Gasteiger partial charge in [0.1, 0.15) is 6.04 Å². The molecule has 6 heteroatoms. The zero-order chi connectivity index (χ0) is 17.1. The van der Waals surface area contributed by atoms with E-state index < -0.39 is 12.0 Å². The monoisotopic (exact) mass is 330 g/mol. The first-order valence-electron chi connectivity index (χ1n) is 8.44. The molecule has 1 aromatic rings. The minimum atomic E-state index is -1.08. The third-order valence-corrected chi connectivity index (χ3v) is 4.79. The van der Waals surface area contributed by atoms with Crippen LogP contribution in [0.25, 0.3) is 0 Å². The highest BCUT2D eigenvalue weighted by Crippen LogP contribution is 2.23. The molecule has 1 saturated heterocycles. The second kappa shape index (κ2) is 7.03. The topological polar surface area (TPSA) is 86.7 Å². The highest BCUT2D eigenvalue weighted by atomic mass is 16.4. The van der Waals surface area contributed by atoms with Crippen LogP contribution in [0.5, 0.6) is 0 Å². The Balaban J connectivity index is 1.73. The maximum atomic E-state index is 12.6. The van der Waals surface area contributed by atoms with E-state index in [1.165, 1.54) is 28.9 Å². The zero-order valence-electron chi connectivity index (χ0n) is 13.6. The summed E-state index contributed by atoms with van der Waals surface area (Å²) in [7, 11) is 0. The molecule has 3 rings (SSSR count). The fourth-order valence-corrected chi connectivity index (χ4v) is 3.55. The average molecular weight is 330 g/mol. The molecule has 0 spiro atoms. The normalized spacial score (nSPS) is 20.2. The van der Waals surface area contributed by atoms with Crippen LogP contribution in [0.4, 0.5) is 0 Å². The van der Waals surface area contributed by atoms with Crippen molar-refractivity contribution >= 4 is 17.8 Å². The van der Waals surface area contributed by atoms with Crippen LogP contribution in [0.2, 0.25) is 0 Å². The van der Waals surface area contributed by atoms with E-state index in [0.29, 0.717) is 13.1 Å². The molecule has 0 radical (unpaired) electrons. The molecule has 0 unspecified atom stereocenters. The summed E-state index contributed by atoms with van der Waals surface area (Å²) in [6.07, 6.45) is 4.38. The fraction of sp³-hybridized carbons (Fsp3) is 0.500. The molecular formula is C18H22N2O4. The van der Waals surface area contributed by atoms with Crippen LogP contribution >= 0.6 is 0 Å². The van der Waals surface area contributed by atoms with Crippen LogP contribution in [-0.4, -0.2) is 46.9 Å². The van der Waals surface area contributed by atoms with Gasteiger partial charge in [-0.2, -0.15) is 0 Å². The van der Waals surface area contributed by atoms with Crippen molar-refractivity contribution in [2.24, 2.45) is 0 Å². The Morgan fingerprint density at radius 2 is 1.96 bits per heavy atom. The van der Waals surface area contributed by atoms with Gasteiger partial charge in [-0.15, -0.1) is 0 Å². The lowest BCUT2D eigenvalue weighted by atomic mass is 9.90. The maximum absolute atomic E-state index is 12.6. The molecule has 0 saturated carbocycles. The predicted octanol–water partition coefficient (Wildman–Crippen LogP) is 0.910. The number of amides is 2. The number of carbonyl (C=O) groups excluding carboxylic acids is 2. The van der Waals surface area contributed by atoms with Crippen LogP contribution in [0.3, 0.4) is 0 Å². The Morgan fingerprint density at radius 1 is 1.21 bits per heavy atom. The number of benzene rings is 1. The first-order valence-corrected chi connectivity index (χ1v) is 8.44. The van der Waals surface area contributed by atoms with Crippen LogP contribution in [0.15, 0.2) is 18.2 Å². The van der Waals surface area contributed by atoms with Crippen molar-refractivity contribution in [2.75, 3.05) is 13.1 Å². The Hall–Kier alpha value is -2.37. The summed E-state index contributed by atoms with van der Waals surface area (Å²) >= 11 is 0. The largest absolute Gasteiger partial charge is 0.481 e. The standard InChI is InChI=1S/C18H22N2O4/c21-16(20-8-7-19-18(24)15(20)11-17(22)23)10-12-5-6-13-3-1-2-4-14(13)9-12/h5-6,9,15H,1-4,7-8,10-11H2,(H,19,24)(H,22,23)/t15-/m1/s1. The van der Waals surface area contributed by atoms with Gasteiger partial charge in [0, 0.05) is 13.1 Å². The van der Waals surface area contributed by atoms with Crippen LogP contribution in [0, 0.1) is 0 Å². The van der Waals surface area contributed by atoms with Gasteiger partial charge in [-0.05, 0) is 42.4 Å². The number of rotatable bonds is 4. The van der Waals surface area contributed by atoms with Gasteiger partial charge in [-0.1, -0.05) is 18.2 Å². The number of aryl methyl sites for hydroxylation is 2. The molecule has 1 fully saturated rings. The number of hydrogen-bond acceptors (Lipinski definition) is 3. The second-order valence-corrected chi connectivity index (χ2v) is 6.48. The number of fused-ring (bicyclic) bond motifs is 1. The van der Waals surface area contributed by atoms with Crippen molar-refractivity contribution in [2.45, 2.75) is 44.6 Å². The van der Waals surface area contributed by atoms with Gasteiger partial charge in [-0.25, -0.2) is 0 Å². The molecule has 1 atom stereocenters. The summed E-state index contributed by atoms with van der Waals surface area (Å²) in [6.45, 7) is 0.721. The van der Waals surface area contributed by atoms with Crippen LogP contribution < -0.4 is 5.32 Å². The Kier molecular flexibility index (Phi) is 4.83. The molecule has 128 valence electrons. The van der Waals surface area contributed by atoms with Gasteiger partial charge >= 0.3 is 5.97 Å². The number of aliphatic carboxylic acids is 1. The first-order chi connectivity index (χ1) is 11.5. The van der Waals surface area contributed by atoms with Gasteiger partial charge in [0.15, 0.2) is 0 Å². The van der Waals surface area contributed by atoms with E-state index in [-0.39, 0.29) is 24.7 Å². The highest BCUT2D eigenvalue weighted by Gasteiger charge is 2.34. The highest BCUT2D eigenvalue weighted by molar-refractivity contribution is 5.92. The molecule has 1 aromatic carbocycles. The van der Waals surface area contributed by atoms with E-state index in [2.05, 4.69) is 17.4 Å². The van der Waals surface area contributed by atoms with Crippen molar-refractivity contribution in [3.05, 3.63) is 34.9 Å². The minimum absolute atomic E-state index is 0.188. The third kappa shape index (κ3) is 3.58. The molecule has 0 aromatic heterocycles. The van der Waals surface area contributed by atoms with E-state index in [1.54, 1.807) is 0 Å². The molecule has 0 bridgehead atoms. The number of nitrogens with zero attached hydrogens (tertiary/aromatic N) is 1. The van der Waals surface area contributed by atoms with E-state index in [4.69, 9.17) is 5.11 Å². The lowest BCUT2D eigenvalue weighted by Crippen LogP contribution is -2.58. The Labute approximate surface area is 140 Å². The number of carbonyl (C=O) groups is 3. The SMILES string of the molecule is O=C(O)C[C@@H]1C(=O)NCCN1C(=O)Cc1ccc2c(c1)CCCC2. The minimum Gasteiger partial charge on any atom is -0.481 e. The van der Waals surface area contributed by atoms with E-state index in [1.807, 2.05) is 6.07 Å².